The zero-order chi connectivity index (χ0) is 25.6. The van der Waals surface area contributed by atoms with Crippen LogP contribution in [0.2, 0.25) is 0 Å². The Balaban J connectivity index is 1.24. The Kier molecular flexibility index (Phi) is 5.65. The molecule has 2 aromatic carbocycles. The number of pyridine rings is 1. The van der Waals surface area contributed by atoms with Crippen LogP contribution in [0.25, 0.3) is 0 Å². The van der Waals surface area contributed by atoms with E-state index in [9.17, 15) is 27.2 Å². The van der Waals surface area contributed by atoms with Crippen molar-refractivity contribution in [1.82, 2.24) is 15.6 Å². The first-order chi connectivity index (χ1) is 17.1. The quantitative estimate of drug-likeness (QED) is 0.448. The molecular formula is C24H18F4N4O4. The van der Waals surface area contributed by atoms with Gasteiger partial charge in [-0.05, 0) is 42.5 Å². The molecule has 3 atom stereocenters. The van der Waals surface area contributed by atoms with E-state index in [2.05, 4.69) is 20.9 Å². The monoisotopic (exact) mass is 502 g/mol. The van der Waals surface area contributed by atoms with Crippen LogP contribution in [0, 0.1) is 5.82 Å². The van der Waals surface area contributed by atoms with E-state index in [0.29, 0.717) is 29.4 Å². The fourth-order valence-corrected chi connectivity index (χ4v) is 4.08. The van der Waals surface area contributed by atoms with E-state index in [1.165, 1.54) is 19.3 Å². The number of hydrogen-bond acceptors (Lipinski definition) is 5. The number of nitrogens with zero attached hydrogens (tertiary/aromatic N) is 1. The number of benzene rings is 2. The smallest absolute Gasteiger partial charge is 0.419 e. The van der Waals surface area contributed by atoms with Crippen LogP contribution >= 0.6 is 0 Å². The second-order valence-corrected chi connectivity index (χ2v) is 8.18. The van der Waals surface area contributed by atoms with Crippen LogP contribution in [0.5, 0.6) is 17.2 Å². The molecule has 0 bridgehead atoms. The molecule has 1 aliphatic carbocycles. The lowest BCUT2D eigenvalue weighted by molar-refractivity contribution is -0.139. The molecule has 2 heterocycles. The normalized spacial score (nSPS) is 19.4. The lowest BCUT2D eigenvalue weighted by Crippen LogP contribution is -2.34. The number of amides is 3. The fourth-order valence-electron chi connectivity index (χ4n) is 4.08. The van der Waals surface area contributed by atoms with Crippen LogP contribution in [0.15, 0.2) is 54.7 Å². The van der Waals surface area contributed by atoms with E-state index in [1.807, 2.05) is 0 Å². The standard InChI is InChI=1S/C24H18F4N4O4/c1-29-22(33)17-10-13(6-7-30-17)35-12-3-5-18-14(9-12)19-20(21(19)36-18)32-23(34)31-11-2-4-16(25)15(8-11)24(26,27)28/h2-10,19-21H,1H3,(H,29,33)(H2,31,32,34)/t19-,20?,21-/m0/s1. The summed E-state index contributed by atoms with van der Waals surface area (Å²) < 4.78 is 63.9. The minimum absolute atomic E-state index is 0.174. The van der Waals surface area contributed by atoms with Crippen molar-refractivity contribution in [2.45, 2.75) is 24.2 Å². The van der Waals surface area contributed by atoms with Crippen LogP contribution in [0.1, 0.15) is 27.5 Å². The largest absolute Gasteiger partial charge is 0.487 e. The fraction of sp³-hybridized carbons (Fsp3) is 0.208. The van der Waals surface area contributed by atoms with Crippen molar-refractivity contribution in [3.05, 3.63) is 77.4 Å². The summed E-state index contributed by atoms with van der Waals surface area (Å²) in [7, 11) is 1.49. The lowest BCUT2D eigenvalue weighted by atomic mass is 10.1. The first-order valence-electron chi connectivity index (χ1n) is 10.7. The number of alkyl halides is 3. The molecule has 1 fully saturated rings. The van der Waals surface area contributed by atoms with Gasteiger partial charge in [0.05, 0.1) is 17.5 Å². The highest BCUT2D eigenvalue weighted by atomic mass is 19.4. The van der Waals surface area contributed by atoms with E-state index in [1.54, 1.807) is 24.3 Å². The van der Waals surface area contributed by atoms with Crippen molar-refractivity contribution >= 4 is 17.6 Å². The van der Waals surface area contributed by atoms with Gasteiger partial charge in [-0.15, -0.1) is 0 Å². The molecule has 0 saturated heterocycles. The number of halogens is 4. The summed E-state index contributed by atoms with van der Waals surface area (Å²) in [5.74, 6) is -0.442. The van der Waals surface area contributed by atoms with Crippen LogP contribution < -0.4 is 25.4 Å². The van der Waals surface area contributed by atoms with Gasteiger partial charge in [0, 0.05) is 30.6 Å². The number of ether oxygens (including phenoxy) is 2. The van der Waals surface area contributed by atoms with Crippen molar-refractivity contribution in [2.24, 2.45) is 0 Å². The van der Waals surface area contributed by atoms with E-state index < -0.39 is 29.6 Å². The molecule has 1 unspecified atom stereocenters. The van der Waals surface area contributed by atoms with Gasteiger partial charge in [0.1, 0.15) is 34.9 Å². The summed E-state index contributed by atoms with van der Waals surface area (Å²) in [6.45, 7) is 0. The third kappa shape index (κ3) is 4.49. The molecule has 0 spiro atoms. The zero-order valence-electron chi connectivity index (χ0n) is 18.5. The Bertz CT molecular complexity index is 1360. The third-order valence-corrected chi connectivity index (χ3v) is 5.81. The van der Waals surface area contributed by atoms with Gasteiger partial charge in [0.25, 0.3) is 5.91 Å². The number of fused-ring (bicyclic) bond motifs is 3. The summed E-state index contributed by atoms with van der Waals surface area (Å²) in [5, 5.41) is 7.45. The minimum atomic E-state index is -4.89. The Labute approximate surface area is 201 Å². The van der Waals surface area contributed by atoms with Crippen LogP contribution in [-0.2, 0) is 6.18 Å². The van der Waals surface area contributed by atoms with Gasteiger partial charge in [-0.3, -0.25) is 9.78 Å². The maximum Gasteiger partial charge on any atom is 0.419 e. The van der Waals surface area contributed by atoms with Gasteiger partial charge in [-0.25, -0.2) is 9.18 Å². The molecule has 186 valence electrons. The maximum atomic E-state index is 13.5. The predicted molar refractivity (Wildman–Crippen MR) is 119 cm³/mol. The number of carbonyl (C=O) groups is 2. The Hall–Kier alpha value is -4.35. The Morgan fingerprint density at radius 3 is 2.58 bits per heavy atom. The van der Waals surface area contributed by atoms with E-state index in [4.69, 9.17) is 9.47 Å². The van der Waals surface area contributed by atoms with Crippen LogP contribution in [0.4, 0.5) is 28.0 Å². The van der Waals surface area contributed by atoms with Gasteiger partial charge in [0.15, 0.2) is 0 Å². The molecule has 1 aromatic heterocycles. The van der Waals surface area contributed by atoms with Crippen LogP contribution in [0.3, 0.4) is 0 Å². The molecule has 12 heteroatoms. The summed E-state index contributed by atoms with van der Waals surface area (Å²) >= 11 is 0. The number of nitrogens with one attached hydrogen (secondary N) is 3. The number of hydrogen-bond donors (Lipinski definition) is 3. The average Bonchev–Trinajstić information content (AvgIpc) is 3.35. The molecule has 1 saturated carbocycles. The molecule has 3 aromatic rings. The number of carbonyl (C=O) groups excluding carboxylic acids is 2. The van der Waals surface area contributed by atoms with Crippen molar-refractivity contribution in [1.29, 1.82) is 0 Å². The third-order valence-electron chi connectivity index (χ3n) is 5.81. The number of anilines is 1. The SMILES string of the molecule is CNC(=O)c1cc(Oc2ccc3c(c2)[C@H]2C(NC(=O)Nc4ccc(F)c(C(F)(F)F)c4)[C@H]2O3)ccn1. The van der Waals surface area contributed by atoms with Crippen molar-refractivity contribution in [3.8, 4) is 17.2 Å². The molecule has 3 amide bonds. The van der Waals surface area contributed by atoms with Crippen LogP contribution in [-0.4, -0.2) is 36.1 Å². The molecule has 2 aliphatic rings. The molecular weight excluding hydrogens is 484 g/mol. The number of rotatable bonds is 5. The van der Waals surface area contributed by atoms with Gasteiger partial charge in [-0.2, -0.15) is 13.2 Å². The van der Waals surface area contributed by atoms with E-state index in [0.717, 1.165) is 11.6 Å². The highest BCUT2D eigenvalue weighted by Gasteiger charge is 2.59. The average molecular weight is 502 g/mol. The van der Waals surface area contributed by atoms with Crippen molar-refractivity contribution < 1.29 is 36.6 Å². The predicted octanol–water partition coefficient (Wildman–Crippen LogP) is 4.44. The number of aromatic nitrogens is 1. The highest BCUT2D eigenvalue weighted by molar-refractivity contribution is 5.92. The topological polar surface area (TPSA) is 102 Å². The second-order valence-electron chi connectivity index (χ2n) is 8.18. The van der Waals surface area contributed by atoms with Crippen molar-refractivity contribution in [3.63, 3.8) is 0 Å². The second kappa shape index (κ2) is 8.70. The molecule has 5 rings (SSSR count). The molecule has 0 radical (unpaired) electrons. The van der Waals surface area contributed by atoms with Crippen molar-refractivity contribution in [2.75, 3.05) is 12.4 Å². The van der Waals surface area contributed by atoms with Gasteiger partial charge in [0.2, 0.25) is 0 Å². The summed E-state index contributed by atoms with van der Waals surface area (Å²) in [4.78, 5) is 28.1. The first-order valence-corrected chi connectivity index (χ1v) is 10.7. The highest BCUT2D eigenvalue weighted by Crippen LogP contribution is 2.54. The first kappa shape index (κ1) is 23.4. The van der Waals surface area contributed by atoms with E-state index in [-0.39, 0.29) is 29.3 Å². The molecule has 1 aliphatic heterocycles. The lowest BCUT2D eigenvalue weighted by Gasteiger charge is -2.14. The van der Waals surface area contributed by atoms with Gasteiger partial charge < -0.3 is 25.4 Å². The van der Waals surface area contributed by atoms with Gasteiger partial charge >= 0.3 is 12.2 Å². The molecule has 36 heavy (non-hydrogen) atoms. The number of urea groups is 1. The Morgan fingerprint density at radius 1 is 1.06 bits per heavy atom. The summed E-state index contributed by atoms with van der Waals surface area (Å²) in [5.41, 5.74) is -0.674. The zero-order valence-corrected chi connectivity index (χ0v) is 18.5. The Morgan fingerprint density at radius 2 is 1.83 bits per heavy atom. The summed E-state index contributed by atoms with van der Waals surface area (Å²) in [6, 6.07) is 9.36. The molecule has 3 N–H and O–H groups in total. The van der Waals surface area contributed by atoms with E-state index >= 15 is 0 Å². The molecule has 8 nitrogen and oxygen atoms in total. The maximum absolute atomic E-state index is 13.5. The minimum Gasteiger partial charge on any atom is -0.487 e. The van der Waals surface area contributed by atoms with Gasteiger partial charge in [-0.1, -0.05) is 0 Å². The summed E-state index contributed by atoms with van der Waals surface area (Å²) in [6.07, 6.45) is -3.77.